The van der Waals surface area contributed by atoms with E-state index in [1.165, 1.54) is 6.26 Å². The minimum Gasteiger partial charge on any atom is -0.459 e. The average Bonchev–Trinajstić information content (AvgIpc) is 3.19. The molecule has 3 heterocycles. The molecule has 1 fully saturated rings. The lowest BCUT2D eigenvalue weighted by Gasteiger charge is -2.22. The van der Waals surface area contributed by atoms with Gasteiger partial charge >= 0.3 is 0 Å². The summed E-state index contributed by atoms with van der Waals surface area (Å²) in [7, 11) is 0. The SMILES string of the molecule is Cc1ccccc1C(=O)Nc1ccc(N2CCCN(C(=O)c3ccco3)CC2)nc1. The van der Waals surface area contributed by atoms with Gasteiger partial charge in [0.15, 0.2) is 5.76 Å². The molecular weight excluding hydrogens is 380 g/mol. The van der Waals surface area contributed by atoms with Gasteiger partial charge in [-0.1, -0.05) is 18.2 Å². The van der Waals surface area contributed by atoms with Crippen LogP contribution in [0.2, 0.25) is 0 Å². The molecular formula is C23H24N4O3. The molecule has 2 aromatic heterocycles. The van der Waals surface area contributed by atoms with Crippen molar-refractivity contribution in [3.63, 3.8) is 0 Å². The number of hydrogen-bond acceptors (Lipinski definition) is 5. The topological polar surface area (TPSA) is 78.7 Å². The summed E-state index contributed by atoms with van der Waals surface area (Å²) in [5.41, 5.74) is 2.23. The summed E-state index contributed by atoms with van der Waals surface area (Å²) in [4.78, 5) is 33.5. The Morgan fingerprint density at radius 1 is 1.00 bits per heavy atom. The molecule has 1 aliphatic rings. The first-order valence-electron chi connectivity index (χ1n) is 10.0. The van der Waals surface area contributed by atoms with Crippen molar-refractivity contribution < 1.29 is 14.0 Å². The summed E-state index contributed by atoms with van der Waals surface area (Å²) in [6, 6.07) is 14.6. The van der Waals surface area contributed by atoms with Gasteiger partial charge in [0.2, 0.25) is 0 Å². The number of amides is 2. The molecule has 1 saturated heterocycles. The van der Waals surface area contributed by atoms with E-state index in [1.807, 2.05) is 42.2 Å². The van der Waals surface area contributed by atoms with Crippen molar-refractivity contribution in [2.24, 2.45) is 0 Å². The lowest BCUT2D eigenvalue weighted by atomic mass is 10.1. The molecule has 0 atom stereocenters. The predicted octanol–water partition coefficient (Wildman–Crippen LogP) is 3.59. The van der Waals surface area contributed by atoms with Crippen molar-refractivity contribution in [3.05, 3.63) is 77.9 Å². The van der Waals surface area contributed by atoms with E-state index in [1.54, 1.807) is 24.4 Å². The molecule has 7 heteroatoms. The number of carbonyl (C=O) groups excluding carboxylic acids is 2. The standard InChI is InChI=1S/C23H24N4O3/c1-17-6-2-3-7-19(17)22(28)25-18-9-10-21(24-16-18)26-11-5-12-27(14-13-26)23(29)20-8-4-15-30-20/h2-4,6-10,15-16H,5,11-14H2,1H3,(H,25,28). The number of aryl methyl sites for hydroxylation is 1. The number of benzene rings is 1. The molecule has 0 unspecified atom stereocenters. The highest BCUT2D eigenvalue weighted by molar-refractivity contribution is 6.05. The van der Waals surface area contributed by atoms with Crippen LogP contribution in [0.25, 0.3) is 0 Å². The van der Waals surface area contributed by atoms with Gasteiger partial charge in [0, 0.05) is 31.7 Å². The second kappa shape index (κ2) is 8.82. The van der Waals surface area contributed by atoms with Crippen LogP contribution in [0, 0.1) is 6.92 Å². The summed E-state index contributed by atoms with van der Waals surface area (Å²) >= 11 is 0. The minimum atomic E-state index is -0.149. The Bertz CT molecular complexity index is 1020. The quantitative estimate of drug-likeness (QED) is 0.719. The maximum absolute atomic E-state index is 12.5. The van der Waals surface area contributed by atoms with Gasteiger partial charge in [-0.15, -0.1) is 0 Å². The van der Waals surface area contributed by atoms with Crippen molar-refractivity contribution in [3.8, 4) is 0 Å². The normalized spacial score (nSPS) is 14.3. The van der Waals surface area contributed by atoms with Crippen molar-refractivity contribution in [1.82, 2.24) is 9.88 Å². The van der Waals surface area contributed by atoms with Gasteiger partial charge in [0.1, 0.15) is 5.82 Å². The Hall–Kier alpha value is -3.61. The van der Waals surface area contributed by atoms with E-state index in [9.17, 15) is 9.59 Å². The van der Waals surface area contributed by atoms with Crippen LogP contribution in [0.4, 0.5) is 11.5 Å². The van der Waals surface area contributed by atoms with E-state index < -0.39 is 0 Å². The largest absolute Gasteiger partial charge is 0.459 e. The second-order valence-corrected chi connectivity index (χ2v) is 7.28. The zero-order valence-corrected chi connectivity index (χ0v) is 16.9. The summed E-state index contributed by atoms with van der Waals surface area (Å²) in [5, 5.41) is 2.90. The Labute approximate surface area is 175 Å². The summed E-state index contributed by atoms with van der Waals surface area (Å²) in [5.74, 6) is 0.972. The van der Waals surface area contributed by atoms with Crippen molar-refractivity contribution in [2.75, 3.05) is 36.4 Å². The maximum Gasteiger partial charge on any atom is 0.289 e. The molecule has 3 aromatic rings. The highest BCUT2D eigenvalue weighted by Crippen LogP contribution is 2.18. The number of hydrogen-bond donors (Lipinski definition) is 1. The van der Waals surface area contributed by atoms with Gasteiger partial charge in [-0.05, 0) is 49.2 Å². The van der Waals surface area contributed by atoms with E-state index in [0.29, 0.717) is 36.6 Å². The van der Waals surface area contributed by atoms with Crippen LogP contribution < -0.4 is 10.2 Å². The molecule has 2 amide bonds. The van der Waals surface area contributed by atoms with Crippen molar-refractivity contribution in [1.29, 1.82) is 0 Å². The van der Waals surface area contributed by atoms with Crippen molar-refractivity contribution >= 4 is 23.3 Å². The van der Waals surface area contributed by atoms with Crippen molar-refractivity contribution in [2.45, 2.75) is 13.3 Å². The number of nitrogens with zero attached hydrogens (tertiary/aromatic N) is 3. The maximum atomic E-state index is 12.5. The summed E-state index contributed by atoms with van der Waals surface area (Å²) in [6.45, 7) is 4.70. The molecule has 0 bridgehead atoms. The van der Waals surface area contributed by atoms with Gasteiger partial charge in [-0.3, -0.25) is 9.59 Å². The van der Waals surface area contributed by atoms with Crippen LogP contribution in [0.15, 0.2) is 65.4 Å². The highest BCUT2D eigenvalue weighted by Gasteiger charge is 2.22. The molecule has 0 radical (unpaired) electrons. The first-order chi connectivity index (χ1) is 14.6. The van der Waals surface area contributed by atoms with Gasteiger partial charge in [-0.2, -0.15) is 0 Å². The lowest BCUT2D eigenvalue weighted by Crippen LogP contribution is -2.35. The molecule has 0 spiro atoms. The van der Waals surface area contributed by atoms with E-state index in [4.69, 9.17) is 4.42 Å². The van der Waals surface area contributed by atoms with E-state index in [0.717, 1.165) is 24.3 Å². The number of pyridine rings is 1. The lowest BCUT2D eigenvalue weighted by molar-refractivity contribution is 0.0735. The zero-order valence-electron chi connectivity index (χ0n) is 16.9. The van der Waals surface area contributed by atoms with Gasteiger partial charge in [0.05, 0.1) is 18.1 Å². The van der Waals surface area contributed by atoms with Crippen LogP contribution in [0.5, 0.6) is 0 Å². The smallest absolute Gasteiger partial charge is 0.289 e. The highest BCUT2D eigenvalue weighted by atomic mass is 16.3. The monoisotopic (exact) mass is 404 g/mol. The molecule has 1 aromatic carbocycles. The Morgan fingerprint density at radius 3 is 2.60 bits per heavy atom. The summed E-state index contributed by atoms with van der Waals surface area (Å²) in [6.07, 6.45) is 4.03. The van der Waals surface area contributed by atoms with E-state index in [2.05, 4.69) is 15.2 Å². The van der Waals surface area contributed by atoms with Gasteiger partial charge in [-0.25, -0.2) is 4.98 Å². The molecule has 1 aliphatic heterocycles. The minimum absolute atomic E-state index is 0.0796. The second-order valence-electron chi connectivity index (χ2n) is 7.28. The summed E-state index contributed by atoms with van der Waals surface area (Å²) < 4.78 is 5.23. The third-order valence-corrected chi connectivity index (χ3v) is 5.23. The number of rotatable bonds is 4. The first kappa shape index (κ1) is 19.7. The van der Waals surface area contributed by atoms with Crippen LogP contribution in [0.3, 0.4) is 0 Å². The molecule has 0 aliphatic carbocycles. The predicted molar refractivity (Wildman–Crippen MR) is 115 cm³/mol. The number of nitrogens with one attached hydrogen (secondary N) is 1. The number of furan rings is 1. The fourth-order valence-corrected chi connectivity index (χ4v) is 3.58. The van der Waals surface area contributed by atoms with E-state index >= 15 is 0 Å². The fraction of sp³-hybridized carbons (Fsp3) is 0.261. The van der Waals surface area contributed by atoms with E-state index in [-0.39, 0.29) is 11.8 Å². The molecule has 154 valence electrons. The van der Waals surface area contributed by atoms with Gasteiger partial charge < -0.3 is 19.5 Å². The number of anilines is 2. The average molecular weight is 404 g/mol. The van der Waals surface area contributed by atoms with Crippen LogP contribution >= 0.6 is 0 Å². The van der Waals surface area contributed by atoms with Crippen LogP contribution in [-0.2, 0) is 0 Å². The third kappa shape index (κ3) is 4.35. The number of aromatic nitrogens is 1. The number of carbonyl (C=O) groups is 2. The molecule has 1 N–H and O–H groups in total. The Balaban J connectivity index is 1.37. The first-order valence-corrected chi connectivity index (χ1v) is 10.0. The van der Waals surface area contributed by atoms with Crippen LogP contribution in [-0.4, -0.2) is 47.9 Å². The zero-order chi connectivity index (χ0) is 20.9. The molecule has 0 saturated carbocycles. The fourth-order valence-electron chi connectivity index (χ4n) is 3.58. The molecule has 7 nitrogen and oxygen atoms in total. The van der Waals surface area contributed by atoms with Gasteiger partial charge in [0.25, 0.3) is 11.8 Å². The molecule has 30 heavy (non-hydrogen) atoms. The Kier molecular flexibility index (Phi) is 5.79. The molecule has 4 rings (SSSR count). The third-order valence-electron chi connectivity index (χ3n) is 5.23. The Morgan fingerprint density at radius 2 is 1.87 bits per heavy atom. The van der Waals surface area contributed by atoms with Crippen LogP contribution in [0.1, 0.15) is 32.9 Å².